The Morgan fingerprint density at radius 3 is 2.46 bits per heavy atom. The molecule has 0 saturated carbocycles. The highest BCUT2D eigenvalue weighted by atomic mass is 35.5. The third-order valence-corrected chi connectivity index (χ3v) is 7.44. The number of amides is 1. The second kappa shape index (κ2) is 10.3. The predicted molar refractivity (Wildman–Crippen MR) is 118 cm³/mol. The first-order valence-corrected chi connectivity index (χ1v) is 11.2. The molecule has 1 saturated heterocycles. The van der Waals surface area contributed by atoms with Crippen LogP contribution in [0.5, 0.6) is 11.5 Å². The summed E-state index contributed by atoms with van der Waals surface area (Å²) < 4.78 is 11.1. The Kier molecular flexibility index (Phi) is 7.79. The molecule has 148 valence electrons. The van der Waals surface area contributed by atoms with Gasteiger partial charge in [0.2, 0.25) is 0 Å². The summed E-state index contributed by atoms with van der Waals surface area (Å²) in [6.45, 7) is -0.131. The van der Waals surface area contributed by atoms with E-state index in [0.717, 1.165) is 0 Å². The number of hydrogen-bond acceptors (Lipinski definition) is 6. The first kappa shape index (κ1) is 21.2. The van der Waals surface area contributed by atoms with E-state index in [4.69, 9.17) is 32.7 Å². The lowest BCUT2D eigenvalue weighted by molar-refractivity contribution is -0.123. The molecule has 5 nitrogen and oxygen atoms in total. The fraction of sp³-hybridized carbons (Fsp3) is 0.263. The van der Waals surface area contributed by atoms with E-state index >= 15 is 0 Å². The number of rotatable bonds is 7. The first-order valence-electron chi connectivity index (χ1n) is 8.37. The average molecular weight is 457 g/mol. The fourth-order valence-electron chi connectivity index (χ4n) is 2.48. The van der Waals surface area contributed by atoms with Crippen LogP contribution in [-0.2, 0) is 4.79 Å². The molecule has 2 aromatic carbocycles. The molecular weight excluding hydrogens is 439 g/mol. The minimum Gasteiger partial charge on any atom is -0.494 e. The number of nitrogens with zero attached hydrogens (tertiary/aromatic N) is 1. The molecule has 1 heterocycles. The Bertz CT molecular complexity index is 834. The van der Waals surface area contributed by atoms with Crippen LogP contribution in [0.25, 0.3) is 0 Å². The molecule has 2 aromatic rings. The Labute approximate surface area is 182 Å². The van der Waals surface area contributed by atoms with Crippen molar-refractivity contribution in [3.05, 3.63) is 57.6 Å². The third-order valence-electron chi connectivity index (χ3n) is 3.77. The molecule has 1 N–H and O–H groups in total. The lowest BCUT2D eigenvalue weighted by Crippen LogP contribution is -2.24. The third kappa shape index (κ3) is 5.73. The van der Waals surface area contributed by atoms with Gasteiger partial charge < -0.3 is 9.47 Å². The minimum absolute atomic E-state index is 0.131. The van der Waals surface area contributed by atoms with Crippen molar-refractivity contribution in [3.63, 3.8) is 0 Å². The van der Waals surface area contributed by atoms with Crippen LogP contribution in [0.15, 0.2) is 41.5 Å². The van der Waals surface area contributed by atoms with Crippen LogP contribution in [0.1, 0.15) is 15.7 Å². The first-order chi connectivity index (χ1) is 13.6. The lowest BCUT2D eigenvalue weighted by atomic mass is 10.2. The van der Waals surface area contributed by atoms with E-state index in [-0.39, 0.29) is 12.5 Å². The van der Waals surface area contributed by atoms with E-state index < -0.39 is 0 Å². The Morgan fingerprint density at radius 1 is 1.21 bits per heavy atom. The van der Waals surface area contributed by atoms with Gasteiger partial charge in [0.05, 0.1) is 28.0 Å². The van der Waals surface area contributed by atoms with Gasteiger partial charge in [0.25, 0.3) is 5.91 Å². The number of carbonyl (C=O) groups is 1. The maximum absolute atomic E-state index is 11.9. The van der Waals surface area contributed by atoms with Gasteiger partial charge in [-0.05, 0) is 35.4 Å². The standard InChI is InChI=1S/C19H18Cl2N2O3S2/c1-25-18-15(20)8-12(9-16(18)21)10-22-23-17(24)11-26-14-4-2-13(3-5-14)19-27-6-7-28-19/h2-5,8-10,19H,6-7,11H2,1H3,(H,23,24)/b22-10-. The molecular formula is C19H18Cl2N2O3S2. The highest BCUT2D eigenvalue weighted by molar-refractivity contribution is 8.19. The molecule has 1 fully saturated rings. The summed E-state index contributed by atoms with van der Waals surface area (Å²) in [4.78, 5) is 11.9. The molecule has 0 radical (unpaired) electrons. The minimum atomic E-state index is -0.368. The number of halogens is 2. The number of hydrazone groups is 1. The van der Waals surface area contributed by atoms with Crippen molar-refractivity contribution in [1.29, 1.82) is 0 Å². The van der Waals surface area contributed by atoms with Gasteiger partial charge in [-0.15, -0.1) is 23.5 Å². The van der Waals surface area contributed by atoms with E-state index in [1.807, 2.05) is 47.8 Å². The van der Waals surface area contributed by atoms with E-state index in [1.165, 1.54) is 30.4 Å². The Hall–Kier alpha value is -1.54. The molecule has 0 aromatic heterocycles. The van der Waals surface area contributed by atoms with Crippen molar-refractivity contribution in [2.45, 2.75) is 4.58 Å². The van der Waals surface area contributed by atoms with Gasteiger partial charge in [-0.25, -0.2) is 5.43 Å². The number of carbonyl (C=O) groups excluding carboxylic acids is 1. The Morgan fingerprint density at radius 2 is 1.86 bits per heavy atom. The van der Waals surface area contributed by atoms with Gasteiger partial charge in [0, 0.05) is 11.5 Å². The summed E-state index contributed by atoms with van der Waals surface area (Å²) in [5, 5.41) is 4.62. The van der Waals surface area contributed by atoms with Crippen molar-refractivity contribution in [3.8, 4) is 11.5 Å². The fourth-order valence-corrected chi connectivity index (χ4v) is 6.00. The molecule has 1 aliphatic heterocycles. The van der Waals surface area contributed by atoms with Crippen LogP contribution in [-0.4, -0.2) is 37.3 Å². The molecule has 9 heteroatoms. The molecule has 0 atom stereocenters. The van der Waals surface area contributed by atoms with Gasteiger partial charge in [0.15, 0.2) is 12.4 Å². The highest BCUT2D eigenvalue weighted by Gasteiger charge is 2.18. The largest absolute Gasteiger partial charge is 0.494 e. The maximum Gasteiger partial charge on any atom is 0.277 e. The molecule has 0 aliphatic carbocycles. The summed E-state index contributed by atoms with van der Waals surface area (Å²) in [6.07, 6.45) is 1.45. The summed E-state index contributed by atoms with van der Waals surface area (Å²) in [7, 11) is 1.49. The summed E-state index contributed by atoms with van der Waals surface area (Å²) in [6, 6.07) is 11.1. The monoisotopic (exact) mass is 456 g/mol. The zero-order chi connectivity index (χ0) is 19.9. The van der Waals surface area contributed by atoms with Crippen LogP contribution < -0.4 is 14.9 Å². The molecule has 1 amide bonds. The number of nitrogens with one attached hydrogen (secondary N) is 1. The van der Waals surface area contributed by atoms with Crippen LogP contribution >= 0.6 is 46.7 Å². The van der Waals surface area contributed by atoms with Crippen LogP contribution in [0, 0.1) is 0 Å². The normalized spacial score (nSPS) is 14.4. The number of thioether (sulfide) groups is 2. The summed E-state index contributed by atoms with van der Waals surface area (Å²) in [5.41, 5.74) is 4.31. The molecule has 28 heavy (non-hydrogen) atoms. The summed E-state index contributed by atoms with van der Waals surface area (Å²) in [5.74, 6) is 3.04. The van der Waals surface area contributed by atoms with Gasteiger partial charge >= 0.3 is 0 Å². The number of methoxy groups -OCH3 is 1. The van der Waals surface area contributed by atoms with Crippen molar-refractivity contribution >= 4 is 58.8 Å². The van der Waals surface area contributed by atoms with Gasteiger partial charge in [-0.2, -0.15) is 5.10 Å². The predicted octanol–water partition coefficient (Wildman–Crippen LogP) is 5.01. The molecule has 3 rings (SSSR count). The average Bonchev–Trinajstić information content (AvgIpc) is 3.21. The maximum atomic E-state index is 11.9. The Balaban J connectivity index is 1.47. The number of hydrogen-bond donors (Lipinski definition) is 1. The number of ether oxygens (including phenoxy) is 2. The second-order valence-corrected chi connectivity index (χ2v) is 9.28. The number of benzene rings is 2. The van der Waals surface area contributed by atoms with Gasteiger partial charge in [-0.1, -0.05) is 35.3 Å². The van der Waals surface area contributed by atoms with Crippen molar-refractivity contribution < 1.29 is 14.3 Å². The second-order valence-electron chi connectivity index (χ2n) is 5.74. The molecule has 0 spiro atoms. The summed E-state index contributed by atoms with van der Waals surface area (Å²) >= 11 is 16.0. The van der Waals surface area contributed by atoms with Crippen molar-refractivity contribution in [2.75, 3.05) is 25.2 Å². The highest BCUT2D eigenvalue weighted by Crippen LogP contribution is 2.45. The topological polar surface area (TPSA) is 59.9 Å². The van der Waals surface area contributed by atoms with Crippen LogP contribution in [0.3, 0.4) is 0 Å². The lowest BCUT2D eigenvalue weighted by Gasteiger charge is -2.10. The van der Waals surface area contributed by atoms with E-state index in [0.29, 0.717) is 31.7 Å². The van der Waals surface area contributed by atoms with E-state index in [1.54, 1.807) is 12.1 Å². The van der Waals surface area contributed by atoms with Gasteiger partial charge in [-0.3, -0.25) is 4.79 Å². The molecule has 0 unspecified atom stereocenters. The molecule has 0 bridgehead atoms. The van der Waals surface area contributed by atoms with E-state index in [9.17, 15) is 4.79 Å². The van der Waals surface area contributed by atoms with Crippen LogP contribution in [0.2, 0.25) is 10.0 Å². The van der Waals surface area contributed by atoms with Crippen molar-refractivity contribution in [2.24, 2.45) is 5.10 Å². The SMILES string of the molecule is COc1c(Cl)cc(/C=N\NC(=O)COc2ccc(C3SCCS3)cc2)cc1Cl. The van der Waals surface area contributed by atoms with Gasteiger partial charge in [0.1, 0.15) is 5.75 Å². The smallest absolute Gasteiger partial charge is 0.277 e. The van der Waals surface area contributed by atoms with E-state index in [2.05, 4.69) is 10.5 Å². The zero-order valence-electron chi connectivity index (χ0n) is 15.0. The van der Waals surface area contributed by atoms with Crippen LogP contribution in [0.4, 0.5) is 0 Å². The zero-order valence-corrected chi connectivity index (χ0v) is 18.1. The van der Waals surface area contributed by atoms with Crippen molar-refractivity contribution in [1.82, 2.24) is 5.43 Å². The quantitative estimate of drug-likeness (QED) is 0.468. The molecule has 1 aliphatic rings.